The number of hydrogen-bond acceptors (Lipinski definition) is 4. The summed E-state index contributed by atoms with van der Waals surface area (Å²) in [6, 6.07) is 2.58. The second-order valence-corrected chi connectivity index (χ2v) is 6.57. The molecule has 4 aliphatic rings. The van der Waals surface area contributed by atoms with Crippen molar-refractivity contribution < 1.29 is 18.7 Å². The van der Waals surface area contributed by atoms with Gasteiger partial charge in [-0.3, -0.25) is 0 Å². The third-order valence-corrected chi connectivity index (χ3v) is 5.70. The van der Waals surface area contributed by atoms with E-state index in [-0.39, 0.29) is 0 Å². The third-order valence-electron chi connectivity index (χ3n) is 5.70. The zero-order chi connectivity index (χ0) is 17.8. The second-order valence-electron chi connectivity index (χ2n) is 6.57. The number of ether oxygens (including phenoxy) is 2. The summed E-state index contributed by atoms with van der Waals surface area (Å²) in [5.41, 5.74) is 0.885. The van der Waals surface area contributed by atoms with Gasteiger partial charge in [-0.1, -0.05) is 18.2 Å². The lowest BCUT2D eigenvalue weighted by Gasteiger charge is -2.56. The molecule has 0 amide bonds. The van der Waals surface area contributed by atoms with E-state index >= 15 is 0 Å². The van der Waals surface area contributed by atoms with E-state index in [0.29, 0.717) is 30.9 Å². The Morgan fingerprint density at radius 1 is 1.45 bits per heavy atom. The predicted octanol–water partition coefficient (Wildman–Crippen LogP) is 1.50. The fourth-order valence-corrected chi connectivity index (χ4v) is 4.70. The number of aliphatic hydroxyl groups is 1. The quantitative estimate of drug-likeness (QED) is 0.798. The summed E-state index contributed by atoms with van der Waals surface area (Å²) in [7, 11) is 3.44. The van der Waals surface area contributed by atoms with Gasteiger partial charge in [0.1, 0.15) is 12.2 Å². The van der Waals surface area contributed by atoms with Crippen LogP contribution >= 0.6 is 0 Å². The fraction of sp³-hybridized carbons (Fsp3) is 0.556. The molecule has 2 aliphatic carbocycles. The lowest BCUT2D eigenvalue weighted by molar-refractivity contribution is -0.0453. The Morgan fingerprint density at radius 2 is 2.32 bits per heavy atom. The highest BCUT2D eigenvalue weighted by Gasteiger charge is 2.64. The molecule has 0 saturated carbocycles. The molecular weight excluding hydrogens is 278 g/mol. The minimum atomic E-state index is -1.94. The molecule has 2 heterocycles. The van der Waals surface area contributed by atoms with E-state index in [1.807, 2.05) is 24.1 Å². The van der Waals surface area contributed by atoms with Crippen LogP contribution in [0, 0.1) is 5.89 Å². The Hall–Kier alpha value is -1.52. The van der Waals surface area contributed by atoms with E-state index < -0.39 is 29.5 Å². The van der Waals surface area contributed by atoms with Crippen LogP contribution < -0.4 is 9.47 Å². The van der Waals surface area contributed by atoms with Crippen molar-refractivity contribution in [3.05, 3.63) is 35.4 Å². The smallest absolute Gasteiger partial charge is 0.165 e. The number of benzene rings is 1. The van der Waals surface area contributed by atoms with Crippen molar-refractivity contribution in [3.8, 4) is 11.5 Å². The lowest BCUT2D eigenvalue weighted by atomic mass is 9.53. The average Bonchev–Trinajstić information content (AvgIpc) is 2.93. The van der Waals surface area contributed by atoms with Gasteiger partial charge in [-0.25, -0.2) is 0 Å². The molecule has 1 aromatic rings. The number of rotatable bonds is 1. The first-order valence-electron chi connectivity index (χ1n) is 9.22. The Morgan fingerprint density at radius 3 is 3.14 bits per heavy atom. The monoisotopic (exact) mass is 302 g/mol. The molecule has 0 aromatic heterocycles. The van der Waals surface area contributed by atoms with Crippen LogP contribution in [0.15, 0.2) is 24.3 Å². The van der Waals surface area contributed by atoms with E-state index in [9.17, 15) is 7.85 Å². The van der Waals surface area contributed by atoms with Gasteiger partial charge in [0.15, 0.2) is 11.5 Å². The first-order chi connectivity index (χ1) is 11.7. The highest BCUT2D eigenvalue weighted by Crippen LogP contribution is 2.62. The van der Waals surface area contributed by atoms with Crippen LogP contribution in [0.4, 0.5) is 0 Å². The normalized spacial score (nSPS) is 53.0. The van der Waals surface area contributed by atoms with E-state index in [4.69, 9.17) is 10.8 Å². The molecule has 116 valence electrons. The van der Waals surface area contributed by atoms with Gasteiger partial charge < -0.3 is 19.5 Å². The molecule has 2 aliphatic heterocycles. The van der Waals surface area contributed by atoms with Gasteiger partial charge in [-0.2, -0.15) is 0 Å². The minimum absolute atomic E-state index is 0.401. The summed E-state index contributed by atoms with van der Waals surface area (Å²) in [5, 5.41) is 10.7. The Bertz CT molecular complexity index is 828. The number of methoxy groups -OCH3 is 1. The average molecular weight is 302 g/mol. The van der Waals surface area contributed by atoms with Gasteiger partial charge in [0.2, 0.25) is 0 Å². The molecule has 1 N–H and O–H groups in total. The Kier molecular flexibility index (Phi) is 1.90. The molecule has 4 heteroatoms. The van der Waals surface area contributed by atoms with Gasteiger partial charge in [0.05, 0.1) is 8.48 Å². The SMILES string of the molecule is [2H]C1(O)C=C[C@]2([2H])[C@@]34CCN(C)[C@]2([2H])Cc2ccc(OC)c(c23)OC14. The van der Waals surface area contributed by atoms with Crippen LogP contribution in [0.5, 0.6) is 11.5 Å². The predicted molar refractivity (Wildman–Crippen MR) is 82.5 cm³/mol. The fourth-order valence-electron chi connectivity index (χ4n) is 4.70. The van der Waals surface area contributed by atoms with Crippen LogP contribution in [0.2, 0.25) is 0 Å². The topological polar surface area (TPSA) is 41.9 Å². The van der Waals surface area contributed by atoms with Crippen LogP contribution in [-0.2, 0) is 11.8 Å². The summed E-state index contributed by atoms with van der Waals surface area (Å²) in [6.45, 7) is 0.615. The van der Waals surface area contributed by atoms with Crippen molar-refractivity contribution in [1.29, 1.82) is 0 Å². The summed E-state index contributed by atoms with van der Waals surface area (Å²) < 4.78 is 38.6. The molecule has 1 spiro atoms. The van der Waals surface area contributed by atoms with Crippen LogP contribution in [0.25, 0.3) is 0 Å². The van der Waals surface area contributed by atoms with Crippen molar-refractivity contribution in [2.45, 2.75) is 36.5 Å². The molecule has 5 atom stereocenters. The van der Waals surface area contributed by atoms with Gasteiger partial charge >= 0.3 is 0 Å². The van der Waals surface area contributed by atoms with Crippen molar-refractivity contribution in [2.75, 3.05) is 20.7 Å². The summed E-state index contributed by atoms with van der Waals surface area (Å²) in [5.74, 6) is -0.227. The lowest BCUT2D eigenvalue weighted by Crippen LogP contribution is -2.64. The molecule has 4 nitrogen and oxygen atoms in total. The maximum Gasteiger partial charge on any atom is 0.165 e. The molecule has 1 aromatic carbocycles. The van der Waals surface area contributed by atoms with Crippen LogP contribution in [0.1, 0.15) is 21.7 Å². The van der Waals surface area contributed by atoms with Crippen molar-refractivity contribution in [1.82, 2.24) is 4.90 Å². The molecule has 2 unspecified atom stereocenters. The first-order valence-corrected chi connectivity index (χ1v) is 7.72. The molecule has 0 radical (unpaired) electrons. The molecule has 2 bridgehead atoms. The highest BCUT2D eigenvalue weighted by atomic mass is 16.5. The Balaban J connectivity index is 1.92. The molecule has 5 rings (SSSR count). The van der Waals surface area contributed by atoms with Crippen molar-refractivity contribution in [2.24, 2.45) is 5.89 Å². The minimum Gasteiger partial charge on any atom is -0.493 e. The number of piperidine rings is 1. The largest absolute Gasteiger partial charge is 0.493 e. The molecular formula is C18H21NO3. The number of likely N-dealkylation sites (N-methyl/N-ethyl adjacent to an activating group) is 1. The van der Waals surface area contributed by atoms with Crippen LogP contribution in [-0.4, -0.2) is 48.9 Å². The first kappa shape index (κ1) is 10.3. The highest BCUT2D eigenvalue weighted by molar-refractivity contribution is 5.62. The van der Waals surface area contributed by atoms with Gasteiger partial charge in [-0.15, -0.1) is 0 Å². The van der Waals surface area contributed by atoms with E-state index in [2.05, 4.69) is 0 Å². The number of likely N-dealkylation sites (tertiary alicyclic amines) is 1. The molecule has 1 fully saturated rings. The van der Waals surface area contributed by atoms with Crippen molar-refractivity contribution >= 4 is 0 Å². The summed E-state index contributed by atoms with van der Waals surface area (Å²) in [4.78, 5) is 1.92. The number of hydrogen-bond donors (Lipinski definition) is 1. The maximum atomic E-state index is 10.7. The second kappa shape index (κ2) is 4.06. The zero-order valence-electron chi connectivity index (χ0n) is 15.7. The molecule has 22 heavy (non-hydrogen) atoms. The van der Waals surface area contributed by atoms with Gasteiger partial charge in [0, 0.05) is 25.6 Å². The number of nitrogens with zero attached hydrogens (tertiary/aromatic N) is 1. The Labute approximate surface area is 134 Å². The maximum absolute atomic E-state index is 10.7. The van der Waals surface area contributed by atoms with Gasteiger partial charge in [0.25, 0.3) is 0 Å². The van der Waals surface area contributed by atoms with E-state index in [1.54, 1.807) is 13.2 Å². The standard InChI is InChI=1S/C18H21NO3/c1-19-8-7-18-11-4-5-13(20)17(18)22-16-14(21-2)6-3-10(15(16)18)9-12(11)19/h3-6,11-13,17,20H,7-9H2,1-2H3/t11-,12+,13?,17?,18-/m0/s1/i11D,12D,13D. The zero-order valence-corrected chi connectivity index (χ0v) is 12.7. The summed E-state index contributed by atoms with van der Waals surface area (Å²) in [6.07, 6.45) is 0.982. The van der Waals surface area contributed by atoms with Crippen LogP contribution in [0.3, 0.4) is 0 Å². The van der Waals surface area contributed by atoms with E-state index in [0.717, 1.165) is 11.1 Å². The van der Waals surface area contributed by atoms with Crippen molar-refractivity contribution in [3.63, 3.8) is 0 Å². The van der Waals surface area contributed by atoms with E-state index in [1.165, 1.54) is 6.08 Å². The summed E-state index contributed by atoms with van der Waals surface area (Å²) >= 11 is 0. The van der Waals surface area contributed by atoms with Gasteiger partial charge in [-0.05, 0) is 38.1 Å². The molecule has 1 saturated heterocycles. The third kappa shape index (κ3) is 1.28.